The van der Waals surface area contributed by atoms with Crippen molar-refractivity contribution in [3.05, 3.63) is 46.3 Å². The molecule has 2 rings (SSSR count). The molecule has 0 unspecified atom stereocenters. The molecule has 23 heavy (non-hydrogen) atoms. The van der Waals surface area contributed by atoms with E-state index in [9.17, 15) is 4.79 Å². The lowest BCUT2D eigenvalue weighted by Crippen LogP contribution is -2.49. The average molecular weight is 316 g/mol. The van der Waals surface area contributed by atoms with Crippen LogP contribution >= 0.6 is 0 Å². The van der Waals surface area contributed by atoms with E-state index in [0.29, 0.717) is 19.4 Å². The summed E-state index contributed by atoms with van der Waals surface area (Å²) in [7, 11) is 0. The van der Waals surface area contributed by atoms with Crippen LogP contribution in [0.4, 0.5) is 4.79 Å². The maximum absolute atomic E-state index is 12.5. The maximum Gasteiger partial charge on any atom is 0.410 e. The Hall–Kier alpha value is -2.20. The van der Waals surface area contributed by atoms with E-state index in [2.05, 4.69) is 10.0 Å². The van der Waals surface area contributed by atoms with Crippen molar-refractivity contribution >= 4 is 6.09 Å². The second kappa shape index (κ2) is 7.38. The molecule has 0 N–H and O–H groups in total. The molecule has 1 saturated heterocycles. The van der Waals surface area contributed by atoms with Gasteiger partial charge in [-0.25, -0.2) is 4.79 Å². The number of azide groups is 1. The van der Waals surface area contributed by atoms with Crippen molar-refractivity contribution in [1.82, 2.24) is 4.90 Å². The minimum atomic E-state index is -0.518. The Labute approximate surface area is 137 Å². The number of likely N-dealkylation sites (tertiary alicyclic amines) is 1. The molecule has 0 aliphatic carbocycles. The number of carbonyl (C=O) groups is 1. The van der Waals surface area contributed by atoms with Crippen LogP contribution in [0, 0.1) is 0 Å². The number of ether oxygens (including phenoxy) is 1. The van der Waals surface area contributed by atoms with Crippen LogP contribution in [0.3, 0.4) is 0 Å². The van der Waals surface area contributed by atoms with Gasteiger partial charge >= 0.3 is 6.09 Å². The predicted octanol–water partition coefficient (Wildman–Crippen LogP) is 4.31. The number of hydrogen-bond acceptors (Lipinski definition) is 3. The molecule has 1 aliphatic heterocycles. The molecule has 1 amide bonds. The van der Waals surface area contributed by atoms with Crippen molar-refractivity contribution in [2.45, 2.75) is 57.7 Å². The molecule has 2 atom stereocenters. The summed E-state index contributed by atoms with van der Waals surface area (Å²) >= 11 is 0. The second-order valence-electron chi connectivity index (χ2n) is 6.90. The standard InChI is InChI=1S/C17H24N4O2/c1-17(2,3)23-16(22)21-10-9-14(19-20-18)12-15(21)11-13-7-5-4-6-8-13/h4-8,14-15H,9-12H2,1-3H3/t14-,15+/m0/s1. The molecule has 1 fully saturated rings. The minimum absolute atomic E-state index is 0.0171. The molecule has 1 aromatic rings. The monoisotopic (exact) mass is 316 g/mol. The first-order valence-electron chi connectivity index (χ1n) is 7.97. The first kappa shape index (κ1) is 17.2. The van der Waals surface area contributed by atoms with Crippen LogP contribution < -0.4 is 0 Å². The lowest BCUT2D eigenvalue weighted by molar-refractivity contribution is 0.00844. The van der Waals surface area contributed by atoms with E-state index in [1.807, 2.05) is 51.1 Å². The third-order valence-electron chi connectivity index (χ3n) is 3.85. The normalized spacial score (nSPS) is 21.4. The molecule has 0 bridgehead atoms. The van der Waals surface area contributed by atoms with E-state index in [1.54, 1.807) is 4.90 Å². The molecule has 1 heterocycles. The molecule has 0 saturated carbocycles. The van der Waals surface area contributed by atoms with Gasteiger partial charge in [-0.2, -0.15) is 0 Å². The third kappa shape index (κ3) is 5.18. The van der Waals surface area contributed by atoms with Crippen molar-refractivity contribution in [1.29, 1.82) is 0 Å². The van der Waals surface area contributed by atoms with Gasteiger partial charge in [0, 0.05) is 23.5 Å². The Kier molecular flexibility index (Phi) is 5.50. The third-order valence-corrected chi connectivity index (χ3v) is 3.85. The average Bonchev–Trinajstić information content (AvgIpc) is 2.47. The number of hydrogen-bond donors (Lipinski definition) is 0. The van der Waals surface area contributed by atoms with Gasteiger partial charge in [-0.05, 0) is 51.1 Å². The van der Waals surface area contributed by atoms with Gasteiger partial charge in [0.1, 0.15) is 5.60 Å². The number of rotatable bonds is 3. The summed E-state index contributed by atoms with van der Waals surface area (Å²) in [5.41, 5.74) is 9.32. The Bertz CT molecular complexity index is 576. The van der Waals surface area contributed by atoms with Crippen LogP contribution in [0.25, 0.3) is 10.4 Å². The van der Waals surface area contributed by atoms with Gasteiger partial charge < -0.3 is 9.64 Å². The quantitative estimate of drug-likeness (QED) is 0.473. The highest BCUT2D eigenvalue weighted by Gasteiger charge is 2.33. The van der Waals surface area contributed by atoms with Crippen LogP contribution in [0.1, 0.15) is 39.2 Å². The Morgan fingerprint density at radius 2 is 2.09 bits per heavy atom. The van der Waals surface area contributed by atoms with Crippen LogP contribution in [0.5, 0.6) is 0 Å². The number of benzene rings is 1. The SMILES string of the molecule is CC(C)(C)OC(=O)N1CC[C@H](N=[N+]=[N-])C[C@H]1Cc1ccccc1. The van der Waals surface area contributed by atoms with E-state index in [1.165, 1.54) is 0 Å². The minimum Gasteiger partial charge on any atom is -0.444 e. The molecule has 0 radical (unpaired) electrons. The van der Waals surface area contributed by atoms with E-state index < -0.39 is 5.60 Å². The van der Waals surface area contributed by atoms with Crippen molar-refractivity contribution in [2.24, 2.45) is 5.11 Å². The molecule has 6 nitrogen and oxygen atoms in total. The highest BCUT2D eigenvalue weighted by molar-refractivity contribution is 5.68. The lowest BCUT2D eigenvalue weighted by Gasteiger charge is -2.39. The van der Waals surface area contributed by atoms with E-state index in [-0.39, 0.29) is 18.2 Å². The number of piperidine rings is 1. The van der Waals surface area contributed by atoms with Gasteiger partial charge in [-0.15, -0.1) is 0 Å². The maximum atomic E-state index is 12.5. The number of carbonyl (C=O) groups excluding carboxylic acids is 1. The fourth-order valence-corrected chi connectivity index (χ4v) is 2.85. The smallest absolute Gasteiger partial charge is 0.410 e. The first-order chi connectivity index (χ1) is 10.9. The fraction of sp³-hybridized carbons (Fsp3) is 0.588. The summed E-state index contributed by atoms with van der Waals surface area (Å²) in [6.45, 7) is 6.15. The molecule has 6 heteroatoms. The van der Waals surface area contributed by atoms with Gasteiger partial charge in [-0.3, -0.25) is 0 Å². The van der Waals surface area contributed by atoms with Gasteiger partial charge in [0.2, 0.25) is 0 Å². The van der Waals surface area contributed by atoms with E-state index >= 15 is 0 Å². The van der Waals surface area contributed by atoms with Gasteiger partial charge in [-0.1, -0.05) is 35.4 Å². The lowest BCUT2D eigenvalue weighted by atomic mass is 9.93. The molecule has 124 valence electrons. The highest BCUT2D eigenvalue weighted by Crippen LogP contribution is 2.25. The molecule has 0 aromatic heterocycles. The zero-order chi connectivity index (χ0) is 16.9. The Morgan fingerprint density at radius 3 is 2.70 bits per heavy atom. The predicted molar refractivity (Wildman–Crippen MR) is 89.0 cm³/mol. The summed E-state index contributed by atoms with van der Waals surface area (Å²) in [5, 5.41) is 3.85. The first-order valence-corrected chi connectivity index (χ1v) is 7.97. The molecular formula is C17H24N4O2. The summed E-state index contributed by atoms with van der Waals surface area (Å²) in [6.07, 6.45) is 1.78. The van der Waals surface area contributed by atoms with Crippen LogP contribution in [-0.2, 0) is 11.2 Å². The highest BCUT2D eigenvalue weighted by atomic mass is 16.6. The molecule has 0 spiro atoms. The summed E-state index contributed by atoms with van der Waals surface area (Å²) < 4.78 is 5.52. The van der Waals surface area contributed by atoms with Gasteiger partial charge in [0.25, 0.3) is 0 Å². The van der Waals surface area contributed by atoms with E-state index in [4.69, 9.17) is 10.3 Å². The number of amides is 1. The van der Waals surface area contributed by atoms with Crippen molar-refractivity contribution < 1.29 is 9.53 Å². The van der Waals surface area contributed by atoms with Gasteiger partial charge in [0.15, 0.2) is 0 Å². The van der Waals surface area contributed by atoms with E-state index in [0.717, 1.165) is 12.0 Å². The molecule has 1 aromatic carbocycles. The van der Waals surface area contributed by atoms with Crippen molar-refractivity contribution in [2.75, 3.05) is 6.54 Å². The largest absolute Gasteiger partial charge is 0.444 e. The van der Waals surface area contributed by atoms with Crippen molar-refractivity contribution in [3.8, 4) is 0 Å². The summed E-state index contributed by atoms with van der Waals surface area (Å²) in [5.74, 6) is 0. The Balaban J connectivity index is 2.14. The summed E-state index contributed by atoms with van der Waals surface area (Å²) in [6, 6.07) is 9.96. The van der Waals surface area contributed by atoms with Crippen molar-refractivity contribution in [3.63, 3.8) is 0 Å². The molecule has 1 aliphatic rings. The zero-order valence-corrected chi connectivity index (χ0v) is 14.0. The Morgan fingerprint density at radius 1 is 1.39 bits per heavy atom. The van der Waals surface area contributed by atoms with Crippen LogP contribution in [0.2, 0.25) is 0 Å². The van der Waals surface area contributed by atoms with Gasteiger partial charge in [0.05, 0.1) is 0 Å². The topological polar surface area (TPSA) is 78.3 Å². The van der Waals surface area contributed by atoms with Crippen LogP contribution in [0.15, 0.2) is 35.4 Å². The number of nitrogens with zero attached hydrogens (tertiary/aromatic N) is 4. The fourth-order valence-electron chi connectivity index (χ4n) is 2.85. The zero-order valence-electron chi connectivity index (χ0n) is 14.0. The second-order valence-corrected chi connectivity index (χ2v) is 6.90. The van der Waals surface area contributed by atoms with Crippen LogP contribution in [-0.4, -0.2) is 35.2 Å². The molecular weight excluding hydrogens is 292 g/mol. The summed E-state index contributed by atoms with van der Waals surface area (Å²) in [4.78, 5) is 17.2.